The topological polar surface area (TPSA) is 58.6 Å². The summed E-state index contributed by atoms with van der Waals surface area (Å²) in [6, 6.07) is 9.41. The van der Waals surface area contributed by atoms with Crippen molar-refractivity contribution in [1.82, 2.24) is 10.2 Å². The summed E-state index contributed by atoms with van der Waals surface area (Å²) in [5.74, 6) is -0.619. The van der Waals surface area contributed by atoms with Crippen LogP contribution in [0, 0.1) is 0 Å². The van der Waals surface area contributed by atoms with Gasteiger partial charge in [-0.2, -0.15) is 0 Å². The molecule has 0 spiro atoms. The predicted molar refractivity (Wildman–Crippen MR) is 96.3 cm³/mol. The number of benzene rings is 1. The largest absolute Gasteiger partial charge is 0.423 e. The Balaban J connectivity index is 1.81. The lowest BCUT2D eigenvalue weighted by Crippen LogP contribution is -2.51. The van der Waals surface area contributed by atoms with E-state index in [0.29, 0.717) is 12.8 Å². The summed E-state index contributed by atoms with van der Waals surface area (Å²) < 4.78 is 19.9. The first kappa shape index (κ1) is 18.7. The average Bonchev–Trinajstić information content (AvgIpc) is 3.25. The number of nitrogens with one attached hydrogen (secondary N) is 1. The van der Waals surface area contributed by atoms with Crippen molar-refractivity contribution in [2.45, 2.75) is 76.4 Å². The smallest absolute Gasteiger partial charge is 0.409 e. The molecule has 2 aliphatic rings. The first-order chi connectivity index (χ1) is 12.1. The number of ether oxygens (including phenoxy) is 1. The zero-order valence-corrected chi connectivity index (χ0v) is 15.8. The Morgan fingerprint density at radius 1 is 1.31 bits per heavy atom. The third kappa shape index (κ3) is 3.69. The van der Waals surface area contributed by atoms with Crippen LogP contribution in [0.1, 0.15) is 58.4 Å². The quantitative estimate of drug-likeness (QED) is 0.888. The van der Waals surface area contributed by atoms with Crippen LogP contribution in [0.5, 0.6) is 0 Å². The van der Waals surface area contributed by atoms with Crippen molar-refractivity contribution in [3.8, 4) is 0 Å². The van der Waals surface area contributed by atoms with Gasteiger partial charge in [0.05, 0.1) is 0 Å². The number of hydrogen-bond donors (Lipinski definition) is 1. The fourth-order valence-electron chi connectivity index (χ4n) is 3.65. The van der Waals surface area contributed by atoms with Crippen molar-refractivity contribution in [2.24, 2.45) is 0 Å². The first-order valence-electron chi connectivity index (χ1n) is 9.16. The number of carbonyl (C=O) groups is 2. The number of carbonyl (C=O) groups excluding carboxylic acids is 2. The molecule has 3 atom stereocenters. The van der Waals surface area contributed by atoms with E-state index in [1.165, 1.54) is 4.90 Å². The summed E-state index contributed by atoms with van der Waals surface area (Å²) in [5.41, 5.74) is -0.415. The molecule has 0 bridgehead atoms. The fraction of sp³-hybridized carbons (Fsp3) is 0.600. The Hall–Kier alpha value is -2.11. The van der Waals surface area contributed by atoms with Crippen LogP contribution in [0.3, 0.4) is 0 Å². The molecule has 1 heterocycles. The van der Waals surface area contributed by atoms with E-state index in [1.54, 1.807) is 0 Å². The fourth-order valence-corrected chi connectivity index (χ4v) is 3.65. The Bertz CT molecular complexity index is 682. The highest BCUT2D eigenvalue weighted by Crippen LogP contribution is 2.49. The highest BCUT2D eigenvalue weighted by molar-refractivity contribution is 5.85. The van der Waals surface area contributed by atoms with E-state index in [2.05, 4.69) is 5.32 Å². The molecule has 1 saturated carbocycles. The summed E-state index contributed by atoms with van der Waals surface area (Å²) >= 11 is 0. The minimum atomic E-state index is -1.54. The van der Waals surface area contributed by atoms with Crippen LogP contribution in [0.25, 0.3) is 0 Å². The van der Waals surface area contributed by atoms with Gasteiger partial charge in [0.2, 0.25) is 0 Å². The molecule has 142 valence electrons. The second-order valence-electron chi connectivity index (χ2n) is 8.39. The van der Waals surface area contributed by atoms with Crippen LogP contribution >= 0.6 is 0 Å². The monoisotopic (exact) mass is 362 g/mol. The third-order valence-electron chi connectivity index (χ3n) is 5.06. The maximum atomic E-state index is 14.3. The van der Waals surface area contributed by atoms with Gasteiger partial charge in [-0.1, -0.05) is 37.3 Å². The van der Waals surface area contributed by atoms with Gasteiger partial charge in [-0.05, 0) is 26.3 Å². The molecular weight excluding hydrogens is 335 g/mol. The van der Waals surface area contributed by atoms with Crippen molar-refractivity contribution < 1.29 is 18.7 Å². The van der Waals surface area contributed by atoms with Crippen LogP contribution < -0.4 is 5.32 Å². The SMILES string of the molecule is C[C@H](c1ccccc1)C1CC(F)C(=O)N1C1(OC(=O)NC(C)(C)C)CC1. The van der Waals surface area contributed by atoms with E-state index < -0.39 is 29.4 Å². The van der Waals surface area contributed by atoms with Gasteiger partial charge >= 0.3 is 6.09 Å². The Kier molecular flexibility index (Phi) is 4.71. The molecule has 2 fully saturated rings. The van der Waals surface area contributed by atoms with Crippen molar-refractivity contribution in [3.05, 3.63) is 35.9 Å². The number of nitrogens with zero attached hydrogens (tertiary/aromatic N) is 1. The average molecular weight is 362 g/mol. The van der Waals surface area contributed by atoms with E-state index in [1.807, 2.05) is 58.0 Å². The Morgan fingerprint density at radius 3 is 2.46 bits per heavy atom. The number of alkyl carbamates (subject to hydrolysis) is 1. The Morgan fingerprint density at radius 2 is 1.92 bits per heavy atom. The van der Waals surface area contributed by atoms with Crippen molar-refractivity contribution >= 4 is 12.0 Å². The normalized spacial score (nSPS) is 25.7. The van der Waals surface area contributed by atoms with Crippen molar-refractivity contribution in [3.63, 3.8) is 0 Å². The molecule has 2 unspecified atom stereocenters. The van der Waals surface area contributed by atoms with Crippen LogP contribution in [0.4, 0.5) is 9.18 Å². The maximum Gasteiger partial charge on any atom is 0.409 e. The van der Waals surface area contributed by atoms with Gasteiger partial charge in [0.1, 0.15) is 0 Å². The number of halogens is 1. The van der Waals surface area contributed by atoms with Crippen molar-refractivity contribution in [2.75, 3.05) is 0 Å². The van der Waals surface area contributed by atoms with Gasteiger partial charge in [-0.3, -0.25) is 9.69 Å². The lowest BCUT2D eigenvalue weighted by Gasteiger charge is -2.36. The van der Waals surface area contributed by atoms with E-state index >= 15 is 0 Å². The summed E-state index contributed by atoms with van der Waals surface area (Å²) in [5, 5.41) is 2.75. The van der Waals surface area contributed by atoms with Gasteiger partial charge in [-0.15, -0.1) is 0 Å². The second kappa shape index (κ2) is 6.56. The van der Waals surface area contributed by atoms with E-state index in [9.17, 15) is 14.0 Å². The Labute approximate surface area is 153 Å². The minimum absolute atomic E-state index is 0.0485. The predicted octanol–water partition coefficient (Wildman–Crippen LogP) is 3.74. The lowest BCUT2D eigenvalue weighted by atomic mass is 9.91. The highest BCUT2D eigenvalue weighted by Gasteiger charge is 2.61. The summed E-state index contributed by atoms with van der Waals surface area (Å²) in [4.78, 5) is 26.3. The molecule has 0 aromatic heterocycles. The highest BCUT2D eigenvalue weighted by atomic mass is 19.1. The van der Waals surface area contributed by atoms with E-state index in [0.717, 1.165) is 5.56 Å². The number of hydrogen-bond acceptors (Lipinski definition) is 3. The number of likely N-dealkylation sites (tertiary alicyclic amines) is 1. The molecule has 1 aliphatic carbocycles. The molecule has 1 N–H and O–H groups in total. The maximum absolute atomic E-state index is 14.3. The van der Waals surface area contributed by atoms with Crippen LogP contribution in [0.2, 0.25) is 0 Å². The zero-order chi connectivity index (χ0) is 19.1. The molecule has 5 nitrogen and oxygen atoms in total. The molecule has 26 heavy (non-hydrogen) atoms. The molecule has 1 aromatic carbocycles. The molecule has 1 aliphatic heterocycles. The van der Waals surface area contributed by atoms with Gasteiger partial charge in [0.15, 0.2) is 11.9 Å². The molecule has 2 amide bonds. The lowest BCUT2D eigenvalue weighted by molar-refractivity contribution is -0.146. The second-order valence-corrected chi connectivity index (χ2v) is 8.39. The molecule has 1 aromatic rings. The number of amides is 2. The van der Waals surface area contributed by atoms with Crippen molar-refractivity contribution in [1.29, 1.82) is 0 Å². The molecule has 0 radical (unpaired) electrons. The number of alkyl halides is 1. The summed E-state index contributed by atoms with van der Waals surface area (Å²) in [6.45, 7) is 7.55. The zero-order valence-electron chi connectivity index (χ0n) is 15.8. The van der Waals surface area contributed by atoms with E-state index in [4.69, 9.17) is 4.74 Å². The van der Waals surface area contributed by atoms with Crippen LogP contribution in [-0.2, 0) is 9.53 Å². The first-order valence-corrected chi connectivity index (χ1v) is 9.16. The van der Waals surface area contributed by atoms with Gasteiger partial charge in [0, 0.05) is 36.8 Å². The standard InChI is InChI=1S/C20H27FN2O3/c1-13(14-8-6-5-7-9-14)16-12-15(21)17(24)23(16)20(10-11-20)26-18(25)22-19(2,3)4/h5-9,13,15-16H,10-12H2,1-4H3,(H,22,25)/t13-,15?,16?/m1/s1. The van der Waals surface area contributed by atoms with E-state index in [-0.39, 0.29) is 18.4 Å². The molecule has 3 rings (SSSR count). The van der Waals surface area contributed by atoms with Gasteiger partial charge in [-0.25, -0.2) is 9.18 Å². The molecule has 1 saturated heterocycles. The minimum Gasteiger partial charge on any atom is -0.423 e. The molecular formula is C20H27FN2O3. The van der Waals surface area contributed by atoms with Crippen LogP contribution in [0.15, 0.2) is 30.3 Å². The summed E-state index contributed by atoms with van der Waals surface area (Å²) in [7, 11) is 0. The third-order valence-corrected chi connectivity index (χ3v) is 5.06. The number of rotatable bonds is 4. The molecule has 6 heteroatoms. The van der Waals surface area contributed by atoms with Gasteiger partial charge < -0.3 is 10.1 Å². The van der Waals surface area contributed by atoms with Crippen LogP contribution in [-0.4, -0.2) is 40.4 Å². The van der Waals surface area contributed by atoms with Gasteiger partial charge in [0.25, 0.3) is 5.91 Å². The summed E-state index contributed by atoms with van der Waals surface area (Å²) in [6.07, 6.45) is -0.905.